The van der Waals surface area contributed by atoms with E-state index in [9.17, 15) is 4.79 Å². The van der Waals surface area contributed by atoms with Gasteiger partial charge in [0.2, 0.25) is 0 Å². The number of nitrogens with zero attached hydrogens (tertiary/aromatic N) is 1. The van der Waals surface area contributed by atoms with Gasteiger partial charge in [-0.3, -0.25) is 4.79 Å². The summed E-state index contributed by atoms with van der Waals surface area (Å²) in [5.74, 6) is 0.158. The van der Waals surface area contributed by atoms with Crippen LogP contribution in [0.4, 0.5) is 0 Å². The van der Waals surface area contributed by atoms with Gasteiger partial charge in [-0.15, -0.1) is 0 Å². The van der Waals surface area contributed by atoms with Gasteiger partial charge in [-0.1, -0.05) is 48.5 Å². The molecule has 3 heteroatoms. The van der Waals surface area contributed by atoms with Crippen LogP contribution in [0.2, 0.25) is 0 Å². The van der Waals surface area contributed by atoms with Crippen molar-refractivity contribution in [1.82, 2.24) is 4.90 Å². The molecule has 0 saturated carbocycles. The predicted molar refractivity (Wildman–Crippen MR) is 86.8 cm³/mol. The summed E-state index contributed by atoms with van der Waals surface area (Å²) in [6, 6.07) is 16.9. The molecule has 0 bridgehead atoms. The maximum Gasteiger partial charge on any atom is 0.309 e. The Morgan fingerprint density at radius 2 is 2.05 bits per heavy atom. The molecule has 0 unspecified atom stereocenters. The molecule has 0 radical (unpaired) electrons. The SMILES string of the molecule is COC(=O)Cc1cccc([C@H]2CN(C)Cc3ccccc32)c1. The van der Waals surface area contributed by atoms with Crippen molar-refractivity contribution in [2.45, 2.75) is 18.9 Å². The minimum atomic E-state index is -0.196. The summed E-state index contributed by atoms with van der Waals surface area (Å²) in [5.41, 5.74) is 5.06. The molecule has 3 nitrogen and oxygen atoms in total. The summed E-state index contributed by atoms with van der Waals surface area (Å²) in [6.07, 6.45) is 0.328. The number of likely N-dealkylation sites (N-methyl/N-ethyl adjacent to an activating group) is 1. The molecule has 3 rings (SSSR count). The van der Waals surface area contributed by atoms with Crippen LogP contribution < -0.4 is 0 Å². The van der Waals surface area contributed by atoms with E-state index in [2.05, 4.69) is 48.3 Å². The first-order valence-electron chi connectivity index (χ1n) is 7.59. The second-order valence-electron chi connectivity index (χ2n) is 5.95. The van der Waals surface area contributed by atoms with E-state index in [1.54, 1.807) is 0 Å². The second kappa shape index (κ2) is 6.32. The monoisotopic (exact) mass is 295 g/mol. The highest BCUT2D eigenvalue weighted by Crippen LogP contribution is 2.33. The van der Waals surface area contributed by atoms with Gasteiger partial charge in [0.25, 0.3) is 0 Å². The Kier molecular flexibility index (Phi) is 4.25. The quantitative estimate of drug-likeness (QED) is 0.815. The highest BCUT2D eigenvalue weighted by atomic mass is 16.5. The first kappa shape index (κ1) is 14.8. The lowest BCUT2D eigenvalue weighted by Crippen LogP contribution is -2.30. The molecule has 1 heterocycles. The van der Waals surface area contributed by atoms with Crippen LogP contribution in [0, 0.1) is 0 Å². The van der Waals surface area contributed by atoms with Crippen LogP contribution in [-0.2, 0) is 22.5 Å². The minimum Gasteiger partial charge on any atom is -0.469 e. The Morgan fingerprint density at radius 3 is 2.86 bits per heavy atom. The lowest BCUT2D eigenvalue weighted by Gasteiger charge is -2.32. The van der Waals surface area contributed by atoms with E-state index in [1.807, 2.05) is 12.1 Å². The zero-order chi connectivity index (χ0) is 15.5. The van der Waals surface area contributed by atoms with Crippen LogP contribution in [-0.4, -0.2) is 31.6 Å². The van der Waals surface area contributed by atoms with Crippen LogP contribution >= 0.6 is 0 Å². The molecule has 2 aromatic rings. The topological polar surface area (TPSA) is 29.5 Å². The van der Waals surface area contributed by atoms with Gasteiger partial charge in [0.15, 0.2) is 0 Å². The van der Waals surface area contributed by atoms with Crippen molar-refractivity contribution in [3.63, 3.8) is 0 Å². The van der Waals surface area contributed by atoms with Crippen LogP contribution in [0.15, 0.2) is 48.5 Å². The number of carbonyl (C=O) groups is 1. The van der Waals surface area contributed by atoms with Crippen LogP contribution in [0.5, 0.6) is 0 Å². The number of carbonyl (C=O) groups excluding carboxylic acids is 1. The fourth-order valence-electron chi connectivity index (χ4n) is 3.23. The molecule has 0 amide bonds. The van der Waals surface area contributed by atoms with Gasteiger partial charge in [-0.25, -0.2) is 0 Å². The highest BCUT2D eigenvalue weighted by Gasteiger charge is 2.24. The van der Waals surface area contributed by atoms with E-state index in [4.69, 9.17) is 4.74 Å². The van der Waals surface area contributed by atoms with Crippen molar-refractivity contribution in [2.24, 2.45) is 0 Å². The number of methoxy groups -OCH3 is 1. The Morgan fingerprint density at radius 1 is 1.23 bits per heavy atom. The number of esters is 1. The molecule has 1 atom stereocenters. The molecule has 0 aromatic heterocycles. The largest absolute Gasteiger partial charge is 0.469 e. The van der Waals surface area contributed by atoms with E-state index in [-0.39, 0.29) is 5.97 Å². The Balaban J connectivity index is 1.94. The van der Waals surface area contributed by atoms with Gasteiger partial charge in [-0.05, 0) is 29.3 Å². The summed E-state index contributed by atoms with van der Waals surface area (Å²) in [6.45, 7) is 1.99. The molecule has 22 heavy (non-hydrogen) atoms. The van der Waals surface area contributed by atoms with Crippen LogP contribution in [0.1, 0.15) is 28.2 Å². The Labute approximate surface area is 131 Å². The smallest absolute Gasteiger partial charge is 0.309 e. The van der Waals surface area contributed by atoms with Gasteiger partial charge < -0.3 is 9.64 Å². The molecule has 0 aliphatic carbocycles. The molecule has 0 fully saturated rings. The summed E-state index contributed by atoms with van der Waals surface area (Å²) >= 11 is 0. The molecule has 1 aliphatic heterocycles. The second-order valence-corrected chi connectivity index (χ2v) is 5.95. The number of hydrogen-bond donors (Lipinski definition) is 0. The lowest BCUT2D eigenvalue weighted by molar-refractivity contribution is -0.139. The molecule has 1 aliphatic rings. The molecule has 0 spiro atoms. The molecule has 0 N–H and O–H groups in total. The summed E-state index contributed by atoms with van der Waals surface area (Å²) in [4.78, 5) is 13.8. The number of hydrogen-bond acceptors (Lipinski definition) is 3. The molecule has 114 valence electrons. The molecular weight excluding hydrogens is 274 g/mol. The maximum absolute atomic E-state index is 11.5. The van der Waals surface area contributed by atoms with Crippen LogP contribution in [0.25, 0.3) is 0 Å². The summed E-state index contributed by atoms with van der Waals surface area (Å²) in [7, 11) is 3.58. The first-order valence-corrected chi connectivity index (χ1v) is 7.59. The summed E-state index contributed by atoms with van der Waals surface area (Å²) in [5, 5.41) is 0. The normalized spacial score (nSPS) is 17.8. The van der Waals surface area contributed by atoms with E-state index in [1.165, 1.54) is 23.8 Å². The molecular formula is C19H21NO2. The lowest BCUT2D eigenvalue weighted by atomic mass is 9.84. The van der Waals surface area contributed by atoms with Crippen molar-refractivity contribution < 1.29 is 9.53 Å². The van der Waals surface area contributed by atoms with Gasteiger partial charge in [0.1, 0.15) is 0 Å². The number of ether oxygens (including phenoxy) is 1. The van der Waals surface area contributed by atoms with E-state index in [0.717, 1.165) is 18.7 Å². The molecule has 2 aromatic carbocycles. The fourth-order valence-corrected chi connectivity index (χ4v) is 3.23. The third kappa shape index (κ3) is 3.04. The number of benzene rings is 2. The third-order valence-electron chi connectivity index (χ3n) is 4.29. The van der Waals surface area contributed by atoms with E-state index < -0.39 is 0 Å². The average molecular weight is 295 g/mol. The van der Waals surface area contributed by atoms with Crippen molar-refractivity contribution in [2.75, 3.05) is 20.7 Å². The first-order chi connectivity index (χ1) is 10.7. The Hall–Kier alpha value is -2.13. The van der Waals surface area contributed by atoms with E-state index >= 15 is 0 Å². The zero-order valence-electron chi connectivity index (χ0n) is 13.1. The van der Waals surface area contributed by atoms with Gasteiger partial charge in [0.05, 0.1) is 13.5 Å². The highest BCUT2D eigenvalue weighted by molar-refractivity contribution is 5.72. The fraction of sp³-hybridized carbons (Fsp3) is 0.316. The average Bonchev–Trinajstić information content (AvgIpc) is 2.54. The summed E-state index contributed by atoms with van der Waals surface area (Å²) < 4.78 is 4.77. The third-order valence-corrected chi connectivity index (χ3v) is 4.29. The van der Waals surface area contributed by atoms with E-state index in [0.29, 0.717) is 12.3 Å². The van der Waals surface area contributed by atoms with Gasteiger partial charge in [-0.2, -0.15) is 0 Å². The number of fused-ring (bicyclic) bond motifs is 1. The van der Waals surface area contributed by atoms with Crippen LogP contribution in [0.3, 0.4) is 0 Å². The van der Waals surface area contributed by atoms with Crippen molar-refractivity contribution >= 4 is 5.97 Å². The maximum atomic E-state index is 11.5. The van der Waals surface area contributed by atoms with Gasteiger partial charge >= 0.3 is 5.97 Å². The zero-order valence-corrected chi connectivity index (χ0v) is 13.1. The van der Waals surface area contributed by atoms with Crippen molar-refractivity contribution in [3.05, 3.63) is 70.8 Å². The Bertz CT molecular complexity index is 681. The number of rotatable bonds is 3. The van der Waals surface area contributed by atoms with Crippen molar-refractivity contribution in [1.29, 1.82) is 0 Å². The standard InChI is InChI=1S/C19H21NO2/c1-20-12-16-7-3-4-9-17(16)18(13-20)15-8-5-6-14(10-15)11-19(21)22-2/h3-10,18H,11-13H2,1-2H3/t18-/m1/s1. The minimum absolute atomic E-state index is 0.196. The van der Waals surface area contributed by atoms with Gasteiger partial charge in [0, 0.05) is 19.0 Å². The predicted octanol–water partition coefficient (Wildman–Crippen LogP) is 2.98. The molecule has 0 saturated heterocycles. The van der Waals surface area contributed by atoms with Crippen molar-refractivity contribution in [3.8, 4) is 0 Å².